The first-order chi connectivity index (χ1) is 9.35. The highest BCUT2D eigenvalue weighted by Crippen LogP contribution is 2.18. The third-order valence-electron chi connectivity index (χ3n) is 4.38. The van der Waals surface area contributed by atoms with Crippen LogP contribution < -0.4 is 5.73 Å². The standard InChI is InChI=1S/C17H28N2/c1-2-3-4-9-17(14-18)19-12-10-15-7-5-6-8-16(15)11-13-19/h5-8,17H,2-4,9-14,18H2,1H3. The van der Waals surface area contributed by atoms with E-state index in [4.69, 9.17) is 5.73 Å². The number of rotatable bonds is 6. The lowest BCUT2D eigenvalue weighted by molar-refractivity contribution is 0.196. The Bertz CT molecular complexity index is 348. The molecule has 0 saturated carbocycles. The smallest absolute Gasteiger partial charge is 0.0218 e. The summed E-state index contributed by atoms with van der Waals surface area (Å²) in [4.78, 5) is 2.62. The number of fused-ring (bicyclic) bond motifs is 1. The lowest BCUT2D eigenvalue weighted by Crippen LogP contribution is -2.42. The van der Waals surface area contributed by atoms with Gasteiger partial charge >= 0.3 is 0 Å². The lowest BCUT2D eigenvalue weighted by atomic mass is 10.0. The number of hydrogen-bond donors (Lipinski definition) is 1. The largest absolute Gasteiger partial charge is 0.329 e. The molecule has 0 saturated heterocycles. The van der Waals surface area contributed by atoms with Crippen LogP contribution in [0.25, 0.3) is 0 Å². The molecule has 0 bridgehead atoms. The Hall–Kier alpha value is -0.860. The Morgan fingerprint density at radius 1 is 1.11 bits per heavy atom. The van der Waals surface area contributed by atoms with Gasteiger partial charge < -0.3 is 5.73 Å². The van der Waals surface area contributed by atoms with E-state index in [0.29, 0.717) is 6.04 Å². The van der Waals surface area contributed by atoms with Crippen LogP contribution in [0.5, 0.6) is 0 Å². The zero-order chi connectivity index (χ0) is 13.5. The Morgan fingerprint density at radius 2 is 1.74 bits per heavy atom. The van der Waals surface area contributed by atoms with Crippen molar-refractivity contribution in [2.24, 2.45) is 5.73 Å². The zero-order valence-electron chi connectivity index (χ0n) is 12.3. The molecule has 1 heterocycles. The second-order valence-corrected chi connectivity index (χ2v) is 5.69. The minimum atomic E-state index is 0.584. The van der Waals surface area contributed by atoms with Crippen molar-refractivity contribution in [3.8, 4) is 0 Å². The van der Waals surface area contributed by atoms with E-state index in [2.05, 4.69) is 36.1 Å². The topological polar surface area (TPSA) is 29.3 Å². The fraction of sp³-hybridized carbons (Fsp3) is 0.647. The van der Waals surface area contributed by atoms with Crippen LogP contribution in [0.1, 0.15) is 43.7 Å². The van der Waals surface area contributed by atoms with Crippen LogP contribution in [0.15, 0.2) is 24.3 Å². The predicted octanol–water partition coefficient (Wildman–Crippen LogP) is 2.99. The van der Waals surface area contributed by atoms with Crippen molar-refractivity contribution >= 4 is 0 Å². The Morgan fingerprint density at radius 3 is 2.26 bits per heavy atom. The van der Waals surface area contributed by atoms with Crippen molar-refractivity contribution in [2.75, 3.05) is 19.6 Å². The van der Waals surface area contributed by atoms with Gasteiger partial charge in [0.2, 0.25) is 0 Å². The second kappa shape index (κ2) is 7.66. The molecule has 0 spiro atoms. The van der Waals surface area contributed by atoms with E-state index in [-0.39, 0.29) is 0 Å². The minimum absolute atomic E-state index is 0.584. The van der Waals surface area contributed by atoms with E-state index < -0.39 is 0 Å². The van der Waals surface area contributed by atoms with Crippen molar-refractivity contribution < 1.29 is 0 Å². The first-order valence-electron chi connectivity index (χ1n) is 7.86. The molecule has 0 amide bonds. The Labute approximate surface area is 118 Å². The molecule has 0 fully saturated rings. The van der Waals surface area contributed by atoms with Crippen LogP contribution in [0, 0.1) is 0 Å². The number of nitrogens with two attached hydrogens (primary N) is 1. The maximum Gasteiger partial charge on any atom is 0.0218 e. The summed E-state index contributed by atoms with van der Waals surface area (Å²) in [5, 5.41) is 0. The number of benzene rings is 1. The van der Waals surface area contributed by atoms with Crippen molar-refractivity contribution in [3.63, 3.8) is 0 Å². The highest BCUT2D eigenvalue weighted by molar-refractivity contribution is 5.28. The van der Waals surface area contributed by atoms with Crippen molar-refractivity contribution in [3.05, 3.63) is 35.4 Å². The normalized spacial score (nSPS) is 17.8. The molecule has 106 valence electrons. The minimum Gasteiger partial charge on any atom is -0.329 e. The summed E-state index contributed by atoms with van der Waals surface area (Å²) in [7, 11) is 0. The van der Waals surface area contributed by atoms with Gasteiger partial charge in [-0.25, -0.2) is 0 Å². The maximum absolute atomic E-state index is 6.00. The maximum atomic E-state index is 6.00. The number of nitrogens with zero attached hydrogens (tertiary/aromatic N) is 1. The molecule has 0 radical (unpaired) electrons. The van der Waals surface area contributed by atoms with E-state index in [9.17, 15) is 0 Å². The fourth-order valence-corrected chi connectivity index (χ4v) is 3.13. The van der Waals surface area contributed by atoms with Crippen LogP contribution in [-0.2, 0) is 12.8 Å². The molecule has 1 aromatic carbocycles. The average molecular weight is 260 g/mol. The van der Waals surface area contributed by atoms with Crippen molar-refractivity contribution in [2.45, 2.75) is 51.5 Å². The summed E-state index contributed by atoms with van der Waals surface area (Å²) < 4.78 is 0. The molecular weight excluding hydrogens is 232 g/mol. The van der Waals surface area contributed by atoms with Gasteiger partial charge in [0.25, 0.3) is 0 Å². The van der Waals surface area contributed by atoms with E-state index in [1.807, 2.05) is 0 Å². The van der Waals surface area contributed by atoms with Crippen LogP contribution in [0.2, 0.25) is 0 Å². The summed E-state index contributed by atoms with van der Waals surface area (Å²) >= 11 is 0. The van der Waals surface area contributed by atoms with Gasteiger partial charge in [-0.3, -0.25) is 4.90 Å². The SMILES string of the molecule is CCCCCC(CN)N1CCc2ccccc2CC1. The van der Waals surface area contributed by atoms with Gasteiger partial charge in [-0.2, -0.15) is 0 Å². The molecular formula is C17H28N2. The number of hydrogen-bond acceptors (Lipinski definition) is 2. The van der Waals surface area contributed by atoms with E-state index >= 15 is 0 Å². The van der Waals surface area contributed by atoms with Gasteiger partial charge in [0, 0.05) is 25.7 Å². The molecule has 1 unspecified atom stereocenters. The quantitative estimate of drug-likeness (QED) is 0.797. The van der Waals surface area contributed by atoms with E-state index in [1.165, 1.54) is 62.7 Å². The van der Waals surface area contributed by atoms with E-state index in [0.717, 1.165) is 6.54 Å². The van der Waals surface area contributed by atoms with Gasteiger partial charge in [-0.1, -0.05) is 50.5 Å². The van der Waals surface area contributed by atoms with Crippen LogP contribution in [0.4, 0.5) is 0 Å². The molecule has 1 aliphatic heterocycles. The van der Waals surface area contributed by atoms with Gasteiger partial charge in [0.05, 0.1) is 0 Å². The van der Waals surface area contributed by atoms with Gasteiger partial charge in [0.1, 0.15) is 0 Å². The average Bonchev–Trinajstić information content (AvgIpc) is 2.66. The van der Waals surface area contributed by atoms with Crippen molar-refractivity contribution in [1.82, 2.24) is 4.90 Å². The predicted molar refractivity (Wildman–Crippen MR) is 82.4 cm³/mol. The first kappa shape index (κ1) is 14.5. The summed E-state index contributed by atoms with van der Waals surface area (Å²) in [6.45, 7) is 5.41. The lowest BCUT2D eigenvalue weighted by Gasteiger charge is -2.29. The van der Waals surface area contributed by atoms with Crippen LogP contribution in [0.3, 0.4) is 0 Å². The molecule has 1 aliphatic rings. The second-order valence-electron chi connectivity index (χ2n) is 5.69. The summed E-state index contributed by atoms with van der Waals surface area (Å²) in [5.41, 5.74) is 9.07. The van der Waals surface area contributed by atoms with Crippen LogP contribution >= 0.6 is 0 Å². The van der Waals surface area contributed by atoms with E-state index in [1.54, 1.807) is 0 Å². The molecule has 0 aromatic heterocycles. The molecule has 2 nitrogen and oxygen atoms in total. The highest BCUT2D eigenvalue weighted by Gasteiger charge is 2.19. The third kappa shape index (κ3) is 4.05. The Balaban J connectivity index is 1.92. The highest BCUT2D eigenvalue weighted by atomic mass is 15.2. The molecule has 19 heavy (non-hydrogen) atoms. The van der Waals surface area contributed by atoms with Gasteiger partial charge in [0.15, 0.2) is 0 Å². The summed E-state index contributed by atoms with van der Waals surface area (Å²) in [5.74, 6) is 0. The third-order valence-corrected chi connectivity index (χ3v) is 4.38. The Kier molecular flexibility index (Phi) is 5.87. The van der Waals surface area contributed by atoms with Gasteiger partial charge in [-0.15, -0.1) is 0 Å². The molecule has 2 rings (SSSR count). The molecule has 1 atom stereocenters. The summed E-state index contributed by atoms with van der Waals surface area (Å²) in [6.07, 6.45) is 7.58. The monoisotopic (exact) mass is 260 g/mol. The number of unbranched alkanes of at least 4 members (excludes halogenated alkanes) is 2. The molecule has 2 N–H and O–H groups in total. The molecule has 0 aliphatic carbocycles. The summed E-state index contributed by atoms with van der Waals surface area (Å²) in [6, 6.07) is 9.48. The zero-order valence-corrected chi connectivity index (χ0v) is 12.3. The fourth-order valence-electron chi connectivity index (χ4n) is 3.13. The first-order valence-corrected chi connectivity index (χ1v) is 7.86. The van der Waals surface area contributed by atoms with Gasteiger partial charge in [-0.05, 0) is 30.4 Å². The van der Waals surface area contributed by atoms with Crippen molar-refractivity contribution in [1.29, 1.82) is 0 Å². The van der Waals surface area contributed by atoms with Crippen LogP contribution in [-0.4, -0.2) is 30.6 Å². The molecule has 2 heteroatoms. The molecule has 1 aromatic rings.